The number of carbonyl (C=O) groups excluding carboxylic acids is 1. The van der Waals surface area contributed by atoms with Gasteiger partial charge in [0.1, 0.15) is 0 Å². The van der Waals surface area contributed by atoms with E-state index in [4.69, 9.17) is 0 Å². The van der Waals surface area contributed by atoms with Gasteiger partial charge in [0.25, 0.3) is 0 Å². The molecule has 0 radical (unpaired) electrons. The highest BCUT2D eigenvalue weighted by atomic mass is 16.1. The van der Waals surface area contributed by atoms with Crippen LogP contribution in [0.4, 0.5) is 0 Å². The second kappa shape index (κ2) is 8.73. The minimum Gasteiger partial charge on any atom is -0.352 e. The fourth-order valence-electron chi connectivity index (χ4n) is 2.61. The van der Waals surface area contributed by atoms with E-state index >= 15 is 0 Å². The van der Waals surface area contributed by atoms with Crippen LogP contribution in [0.2, 0.25) is 0 Å². The SMILES string of the molecule is O=C(CCCc1ccccn1)NCc1ccc(-c2cccnc2)cc1. The molecule has 0 bridgehead atoms. The zero-order chi connectivity index (χ0) is 17.3. The number of rotatable bonds is 7. The molecule has 3 rings (SSSR count). The van der Waals surface area contributed by atoms with Gasteiger partial charge in [0.15, 0.2) is 0 Å². The zero-order valence-electron chi connectivity index (χ0n) is 14.1. The van der Waals surface area contributed by atoms with Crippen molar-refractivity contribution in [2.24, 2.45) is 0 Å². The normalized spacial score (nSPS) is 10.4. The van der Waals surface area contributed by atoms with Gasteiger partial charge in [-0.2, -0.15) is 0 Å². The fourth-order valence-corrected chi connectivity index (χ4v) is 2.61. The molecule has 1 amide bonds. The maximum Gasteiger partial charge on any atom is 0.220 e. The first kappa shape index (κ1) is 16.8. The molecule has 2 heterocycles. The Hall–Kier alpha value is -3.01. The van der Waals surface area contributed by atoms with E-state index in [-0.39, 0.29) is 5.91 Å². The van der Waals surface area contributed by atoms with E-state index in [2.05, 4.69) is 27.4 Å². The maximum absolute atomic E-state index is 12.0. The van der Waals surface area contributed by atoms with Crippen molar-refractivity contribution in [3.05, 3.63) is 84.4 Å². The molecule has 0 unspecified atom stereocenters. The minimum absolute atomic E-state index is 0.0762. The molecule has 0 aliphatic heterocycles. The van der Waals surface area contributed by atoms with Crippen molar-refractivity contribution in [1.29, 1.82) is 0 Å². The summed E-state index contributed by atoms with van der Waals surface area (Å²) in [4.78, 5) is 20.4. The number of aromatic nitrogens is 2. The molecule has 3 aromatic rings. The van der Waals surface area contributed by atoms with Crippen molar-refractivity contribution in [2.45, 2.75) is 25.8 Å². The Balaban J connectivity index is 1.43. The monoisotopic (exact) mass is 331 g/mol. The summed E-state index contributed by atoms with van der Waals surface area (Å²) < 4.78 is 0. The lowest BCUT2D eigenvalue weighted by Crippen LogP contribution is -2.22. The van der Waals surface area contributed by atoms with Gasteiger partial charge in [-0.25, -0.2) is 0 Å². The molecule has 0 aliphatic rings. The second-order valence-electron chi connectivity index (χ2n) is 5.89. The highest BCUT2D eigenvalue weighted by Crippen LogP contribution is 2.18. The third-order valence-electron chi connectivity index (χ3n) is 4.00. The van der Waals surface area contributed by atoms with Crippen molar-refractivity contribution in [2.75, 3.05) is 0 Å². The molecule has 0 spiro atoms. The average Bonchev–Trinajstić information content (AvgIpc) is 2.68. The first-order chi connectivity index (χ1) is 12.3. The van der Waals surface area contributed by atoms with Crippen molar-refractivity contribution in [1.82, 2.24) is 15.3 Å². The smallest absolute Gasteiger partial charge is 0.220 e. The standard InChI is InChI=1S/C21H21N3O/c25-21(8-3-7-20-6-1-2-14-23-20)24-15-17-9-11-18(12-10-17)19-5-4-13-22-16-19/h1-2,4-6,9-14,16H,3,7-8,15H2,(H,24,25). The van der Waals surface area contributed by atoms with Gasteiger partial charge in [-0.1, -0.05) is 36.4 Å². The van der Waals surface area contributed by atoms with Gasteiger partial charge in [-0.15, -0.1) is 0 Å². The Kier molecular flexibility index (Phi) is 5.88. The molecule has 1 aromatic carbocycles. The van der Waals surface area contributed by atoms with E-state index in [1.807, 2.05) is 48.7 Å². The summed E-state index contributed by atoms with van der Waals surface area (Å²) in [7, 11) is 0. The van der Waals surface area contributed by atoms with E-state index in [1.54, 1.807) is 12.4 Å². The lowest BCUT2D eigenvalue weighted by Gasteiger charge is -2.07. The van der Waals surface area contributed by atoms with Crippen LogP contribution in [0, 0.1) is 0 Å². The number of benzene rings is 1. The summed E-state index contributed by atoms with van der Waals surface area (Å²) in [6, 6.07) is 18.0. The minimum atomic E-state index is 0.0762. The van der Waals surface area contributed by atoms with Crippen LogP contribution in [0.5, 0.6) is 0 Å². The van der Waals surface area contributed by atoms with Gasteiger partial charge in [0.05, 0.1) is 0 Å². The predicted molar refractivity (Wildman–Crippen MR) is 98.7 cm³/mol. The van der Waals surface area contributed by atoms with E-state index in [0.717, 1.165) is 35.2 Å². The molecular weight excluding hydrogens is 310 g/mol. The maximum atomic E-state index is 12.0. The van der Waals surface area contributed by atoms with Crippen LogP contribution in [0.25, 0.3) is 11.1 Å². The van der Waals surface area contributed by atoms with E-state index in [1.165, 1.54) is 0 Å². The van der Waals surface area contributed by atoms with Gasteiger partial charge in [-0.05, 0) is 47.7 Å². The van der Waals surface area contributed by atoms with E-state index < -0.39 is 0 Å². The molecule has 0 saturated carbocycles. The van der Waals surface area contributed by atoms with Gasteiger partial charge in [0, 0.05) is 37.3 Å². The number of nitrogens with zero attached hydrogens (tertiary/aromatic N) is 2. The molecule has 25 heavy (non-hydrogen) atoms. The molecule has 4 heteroatoms. The lowest BCUT2D eigenvalue weighted by molar-refractivity contribution is -0.121. The number of pyridine rings is 2. The summed E-state index contributed by atoms with van der Waals surface area (Å²) in [5.41, 5.74) is 4.33. The molecule has 0 fully saturated rings. The first-order valence-electron chi connectivity index (χ1n) is 8.47. The summed E-state index contributed by atoms with van der Waals surface area (Å²) in [5.74, 6) is 0.0762. The van der Waals surface area contributed by atoms with Crippen molar-refractivity contribution >= 4 is 5.91 Å². The molecule has 126 valence electrons. The van der Waals surface area contributed by atoms with Crippen LogP contribution in [0.1, 0.15) is 24.1 Å². The molecular formula is C21H21N3O. The Labute approximate surface area is 148 Å². The largest absolute Gasteiger partial charge is 0.352 e. The van der Waals surface area contributed by atoms with Crippen LogP contribution in [0.15, 0.2) is 73.2 Å². The molecule has 0 aliphatic carbocycles. The Bertz CT molecular complexity index is 786. The van der Waals surface area contributed by atoms with Gasteiger partial charge in [0.2, 0.25) is 5.91 Å². The number of hydrogen-bond donors (Lipinski definition) is 1. The van der Waals surface area contributed by atoms with Crippen LogP contribution in [-0.2, 0) is 17.8 Å². The van der Waals surface area contributed by atoms with Crippen LogP contribution < -0.4 is 5.32 Å². The highest BCUT2D eigenvalue weighted by Gasteiger charge is 2.03. The van der Waals surface area contributed by atoms with Gasteiger partial charge >= 0.3 is 0 Å². The number of nitrogens with one attached hydrogen (secondary N) is 1. The van der Waals surface area contributed by atoms with Crippen LogP contribution in [0.3, 0.4) is 0 Å². The quantitative estimate of drug-likeness (QED) is 0.717. The lowest BCUT2D eigenvalue weighted by atomic mass is 10.1. The van der Waals surface area contributed by atoms with Crippen molar-refractivity contribution in [3.8, 4) is 11.1 Å². The zero-order valence-corrected chi connectivity index (χ0v) is 14.1. The van der Waals surface area contributed by atoms with Gasteiger partial charge < -0.3 is 5.32 Å². The van der Waals surface area contributed by atoms with E-state index in [0.29, 0.717) is 13.0 Å². The number of aryl methyl sites for hydroxylation is 1. The van der Waals surface area contributed by atoms with Crippen LogP contribution >= 0.6 is 0 Å². The second-order valence-corrected chi connectivity index (χ2v) is 5.89. The first-order valence-corrected chi connectivity index (χ1v) is 8.47. The van der Waals surface area contributed by atoms with Crippen molar-refractivity contribution < 1.29 is 4.79 Å². The van der Waals surface area contributed by atoms with Crippen molar-refractivity contribution in [3.63, 3.8) is 0 Å². The predicted octanol–water partition coefficient (Wildman–Crippen LogP) is 3.78. The molecule has 4 nitrogen and oxygen atoms in total. The van der Waals surface area contributed by atoms with Crippen LogP contribution in [-0.4, -0.2) is 15.9 Å². The number of carbonyl (C=O) groups is 1. The Morgan fingerprint density at radius 3 is 2.52 bits per heavy atom. The van der Waals surface area contributed by atoms with Gasteiger partial charge in [-0.3, -0.25) is 14.8 Å². The summed E-state index contributed by atoms with van der Waals surface area (Å²) in [6.07, 6.45) is 7.55. The third kappa shape index (κ3) is 5.24. The molecule has 2 aromatic heterocycles. The Morgan fingerprint density at radius 1 is 0.920 bits per heavy atom. The average molecular weight is 331 g/mol. The molecule has 1 N–H and O–H groups in total. The fraction of sp³-hybridized carbons (Fsp3) is 0.190. The Morgan fingerprint density at radius 2 is 1.80 bits per heavy atom. The molecule has 0 atom stereocenters. The summed E-state index contributed by atoms with van der Waals surface area (Å²) >= 11 is 0. The number of hydrogen-bond acceptors (Lipinski definition) is 3. The summed E-state index contributed by atoms with van der Waals surface area (Å²) in [6.45, 7) is 0.551. The summed E-state index contributed by atoms with van der Waals surface area (Å²) in [5, 5.41) is 2.97. The molecule has 0 saturated heterocycles. The van der Waals surface area contributed by atoms with E-state index in [9.17, 15) is 4.79 Å². The highest BCUT2D eigenvalue weighted by molar-refractivity contribution is 5.75. The topological polar surface area (TPSA) is 54.9 Å². The number of amides is 1. The third-order valence-corrected chi connectivity index (χ3v) is 4.00.